The van der Waals surface area contributed by atoms with Crippen LogP contribution in [0.15, 0.2) is 36.0 Å². The van der Waals surface area contributed by atoms with Crippen LogP contribution in [-0.4, -0.2) is 23.2 Å². The molecule has 0 radical (unpaired) electrons. The molecular formula is C21H36N2. The molecule has 3 unspecified atom stereocenters. The van der Waals surface area contributed by atoms with Gasteiger partial charge in [0, 0.05) is 29.1 Å². The zero-order valence-electron chi connectivity index (χ0n) is 15.9. The summed E-state index contributed by atoms with van der Waals surface area (Å²) < 4.78 is 0. The van der Waals surface area contributed by atoms with E-state index in [9.17, 15) is 0 Å². The van der Waals surface area contributed by atoms with E-state index in [1.807, 2.05) is 0 Å². The molecule has 0 aromatic heterocycles. The standard InChI is InChI=1S/C21H36N2/c1-7-20(4,5)22-18-17(16-14-12-10-11-13-15-16)19(18)23-21(6,8-2)9-3/h10-14,17-19,22-23H,7-9,15H2,1-6H3. The number of nitrogens with one attached hydrogen (secondary N) is 2. The molecule has 0 bridgehead atoms. The van der Waals surface area contributed by atoms with Gasteiger partial charge in [-0.15, -0.1) is 0 Å². The van der Waals surface area contributed by atoms with Gasteiger partial charge in [0.2, 0.25) is 0 Å². The number of rotatable bonds is 8. The van der Waals surface area contributed by atoms with Crippen molar-refractivity contribution in [3.8, 4) is 0 Å². The van der Waals surface area contributed by atoms with Gasteiger partial charge in [0.05, 0.1) is 0 Å². The van der Waals surface area contributed by atoms with E-state index in [0.717, 1.165) is 12.8 Å². The summed E-state index contributed by atoms with van der Waals surface area (Å²) in [5.74, 6) is 0.616. The fourth-order valence-electron chi connectivity index (χ4n) is 3.38. The van der Waals surface area contributed by atoms with Crippen molar-refractivity contribution in [1.82, 2.24) is 10.6 Å². The number of allylic oxidation sites excluding steroid dienone is 5. The first kappa shape index (κ1) is 18.5. The minimum atomic E-state index is 0.200. The summed E-state index contributed by atoms with van der Waals surface area (Å²) in [5.41, 5.74) is 2.00. The Balaban J connectivity index is 2.14. The Hall–Kier alpha value is -0.860. The van der Waals surface area contributed by atoms with Gasteiger partial charge in [0.25, 0.3) is 0 Å². The van der Waals surface area contributed by atoms with Gasteiger partial charge in [-0.25, -0.2) is 0 Å². The van der Waals surface area contributed by atoms with Crippen LogP contribution >= 0.6 is 0 Å². The molecule has 0 aliphatic heterocycles. The van der Waals surface area contributed by atoms with Crippen molar-refractivity contribution in [3.05, 3.63) is 36.0 Å². The van der Waals surface area contributed by atoms with Gasteiger partial charge in [0.1, 0.15) is 0 Å². The van der Waals surface area contributed by atoms with Gasteiger partial charge in [0.15, 0.2) is 0 Å². The minimum Gasteiger partial charge on any atom is -0.307 e. The third-order valence-corrected chi connectivity index (χ3v) is 5.99. The predicted octanol–water partition coefficient (Wildman–Crippen LogP) is 4.74. The second-order valence-electron chi connectivity index (χ2n) is 8.13. The Morgan fingerprint density at radius 3 is 2.17 bits per heavy atom. The lowest BCUT2D eigenvalue weighted by Gasteiger charge is -2.30. The molecule has 130 valence electrons. The van der Waals surface area contributed by atoms with Gasteiger partial charge < -0.3 is 10.6 Å². The second kappa shape index (κ2) is 7.36. The van der Waals surface area contributed by atoms with Crippen LogP contribution in [0.1, 0.15) is 67.2 Å². The topological polar surface area (TPSA) is 24.1 Å². The van der Waals surface area contributed by atoms with E-state index >= 15 is 0 Å². The zero-order chi connectivity index (χ0) is 17.1. The highest BCUT2D eigenvalue weighted by Gasteiger charge is 2.54. The van der Waals surface area contributed by atoms with Gasteiger partial charge in [-0.05, 0) is 46.5 Å². The molecule has 1 saturated carbocycles. The van der Waals surface area contributed by atoms with Crippen molar-refractivity contribution in [1.29, 1.82) is 0 Å². The summed E-state index contributed by atoms with van der Waals surface area (Å²) in [4.78, 5) is 0. The average Bonchev–Trinajstić information content (AvgIpc) is 3.25. The molecular weight excluding hydrogens is 280 g/mol. The zero-order valence-corrected chi connectivity index (χ0v) is 15.9. The van der Waals surface area contributed by atoms with Gasteiger partial charge in [-0.2, -0.15) is 0 Å². The largest absolute Gasteiger partial charge is 0.307 e. The molecule has 1 fully saturated rings. The molecule has 0 saturated heterocycles. The Morgan fingerprint density at radius 2 is 1.57 bits per heavy atom. The summed E-state index contributed by atoms with van der Waals surface area (Å²) >= 11 is 0. The summed E-state index contributed by atoms with van der Waals surface area (Å²) in [6.07, 6.45) is 15.7. The van der Waals surface area contributed by atoms with Crippen LogP contribution in [0.4, 0.5) is 0 Å². The molecule has 2 rings (SSSR count). The highest BCUT2D eigenvalue weighted by Crippen LogP contribution is 2.43. The van der Waals surface area contributed by atoms with Crippen LogP contribution in [0.5, 0.6) is 0 Å². The Kier molecular flexibility index (Phi) is 5.91. The molecule has 2 heteroatoms. The van der Waals surface area contributed by atoms with E-state index in [-0.39, 0.29) is 11.1 Å². The molecule has 2 N–H and O–H groups in total. The maximum Gasteiger partial charge on any atom is 0.0314 e. The maximum atomic E-state index is 3.98. The first-order chi connectivity index (χ1) is 10.9. The normalized spacial score (nSPS) is 27.7. The van der Waals surface area contributed by atoms with E-state index < -0.39 is 0 Å². The van der Waals surface area contributed by atoms with Crippen LogP contribution in [0, 0.1) is 5.92 Å². The summed E-state index contributed by atoms with van der Waals surface area (Å²) in [6.45, 7) is 13.9. The van der Waals surface area contributed by atoms with Crippen molar-refractivity contribution in [2.45, 2.75) is 90.4 Å². The van der Waals surface area contributed by atoms with Gasteiger partial charge in [-0.3, -0.25) is 0 Å². The van der Waals surface area contributed by atoms with Crippen LogP contribution in [0.3, 0.4) is 0 Å². The van der Waals surface area contributed by atoms with E-state index in [1.165, 1.54) is 12.8 Å². The maximum absolute atomic E-state index is 3.98. The molecule has 2 aliphatic rings. The molecule has 0 spiro atoms. The molecule has 23 heavy (non-hydrogen) atoms. The summed E-state index contributed by atoms with van der Waals surface area (Å²) in [7, 11) is 0. The predicted molar refractivity (Wildman–Crippen MR) is 102 cm³/mol. The second-order valence-corrected chi connectivity index (χ2v) is 8.13. The van der Waals surface area contributed by atoms with Crippen LogP contribution in [0.25, 0.3) is 0 Å². The molecule has 0 aromatic rings. The number of hydrogen-bond acceptors (Lipinski definition) is 2. The fraction of sp³-hybridized carbons (Fsp3) is 0.714. The van der Waals surface area contributed by atoms with Crippen molar-refractivity contribution < 1.29 is 0 Å². The Morgan fingerprint density at radius 1 is 0.913 bits per heavy atom. The van der Waals surface area contributed by atoms with Gasteiger partial charge >= 0.3 is 0 Å². The fourth-order valence-corrected chi connectivity index (χ4v) is 3.38. The van der Waals surface area contributed by atoms with Crippen LogP contribution in [-0.2, 0) is 0 Å². The summed E-state index contributed by atoms with van der Waals surface area (Å²) in [5, 5.41) is 7.90. The lowest BCUT2D eigenvalue weighted by molar-refractivity contribution is 0.308. The third kappa shape index (κ3) is 4.58. The Labute approximate surface area is 143 Å². The quantitative estimate of drug-likeness (QED) is 0.675. The molecule has 0 aromatic carbocycles. The van der Waals surface area contributed by atoms with E-state index in [2.05, 4.69) is 82.6 Å². The summed E-state index contributed by atoms with van der Waals surface area (Å²) in [6, 6.07) is 1.10. The average molecular weight is 317 g/mol. The molecule has 2 aliphatic carbocycles. The van der Waals surface area contributed by atoms with E-state index in [4.69, 9.17) is 0 Å². The monoisotopic (exact) mass is 316 g/mol. The highest BCUT2D eigenvalue weighted by atomic mass is 15.2. The van der Waals surface area contributed by atoms with Crippen LogP contribution < -0.4 is 10.6 Å². The SMILES string of the molecule is CCC(C)(C)NC1C(NC(C)(CC)CC)C1C1=CC=CC=CC1. The minimum absolute atomic E-state index is 0.200. The molecule has 0 heterocycles. The molecule has 2 nitrogen and oxygen atoms in total. The molecule has 0 amide bonds. The number of hydrogen-bond donors (Lipinski definition) is 2. The Bertz CT molecular complexity index is 480. The van der Waals surface area contributed by atoms with Crippen molar-refractivity contribution in [2.24, 2.45) is 5.92 Å². The molecule has 3 atom stereocenters. The highest BCUT2D eigenvalue weighted by molar-refractivity contribution is 5.34. The lowest BCUT2D eigenvalue weighted by atomic mass is 9.95. The third-order valence-electron chi connectivity index (χ3n) is 5.99. The van der Waals surface area contributed by atoms with Gasteiger partial charge in [-0.1, -0.05) is 56.7 Å². The van der Waals surface area contributed by atoms with Crippen molar-refractivity contribution >= 4 is 0 Å². The smallest absolute Gasteiger partial charge is 0.0314 e. The lowest BCUT2D eigenvalue weighted by Crippen LogP contribution is -2.47. The first-order valence-corrected chi connectivity index (χ1v) is 9.43. The van der Waals surface area contributed by atoms with Crippen LogP contribution in [0.2, 0.25) is 0 Å². The van der Waals surface area contributed by atoms with E-state index in [1.54, 1.807) is 5.57 Å². The van der Waals surface area contributed by atoms with Crippen molar-refractivity contribution in [3.63, 3.8) is 0 Å². The van der Waals surface area contributed by atoms with E-state index in [0.29, 0.717) is 18.0 Å². The first-order valence-electron chi connectivity index (χ1n) is 9.43. The van der Waals surface area contributed by atoms with Crippen molar-refractivity contribution in [2.75, 3.05) is 0 Å².